The van der Waals surface area contributed by atoms with E-state index in [1.807, 2.05) is 6.92 Å². The van der Waals surface area contributed by atoms with Gasteiger partial charge in [0.15, 0.2) is 6.10 Å². The number of aromatic nitrogens is 1. The minimum Gasteiger partial charge on any atom is -0.384 e. The van der Waals surface area contributed by atoms with Crippen molar-refractivity contribution in [1.82, 2.24) is 4.57 Å². The van der Waals surface area contributed by atoms with Crippen molar-refractivity contribution in [1.29, 1.82) is 0 Å². The molecular weight excluding hydrogens is 298 g/mol. The highest BCUT2D eigenvalue weighted by Gasteiger charge is 2.45. The van der Waals surface area contributed by atoms with E-state index < -0.39 is 23.9 Å². The average Bonchev–Trinajstić information content (AvgIpc) is 3.02. The molecule has 1 rings (SSSR count). The largest absolute Gasteiger partial charge is 0.384 e. The number of hydrogen-bond donors (Lipinski definition) is 2. The summed E-state index contributed by atoms with van der Waals surface area (Å²) in [6.45, 7) is 9.55. The SMILES string of the molecule is C=CCC(OCC)(OCC)[C@@H](O)[C@H](O)C(=O)n1cccc1CC. The van der Waals surface area contributed by atoms with Crippen LogP contribution in [0.15, 0.2) is 31.0 Å². The number of aliphatic hydroxyl groups is 2. The van der Waals surface area contributed by atoms with E-state index in [4.69, 9.17) is 9.47 Å². The van der Waals surface area contributed by atoms with E-state index in [9.17, 15) is 15.0 Å². The molecule has 6 nitrogen and oxygen atoms in total. The Kier molecular flexibility index (Phi) is 7.64. The highest BCUT2D eigenvalue weighted by molar-refractivity contribution is 5.84. The Hall–Kier alpha value is -1.47. The number of carbonyl (C=O) groups is 1. The lowest BCUT2D eigenvalue weighted by Crippen LogP contribution is -2.55. The van der Waals surface area contributed by atoms with Gasteiger partial charge in [0.05, 0.1) is 0 Å². The number of ether oxygens (including phenoxy) is 2. The third kappa shape index (κ3) is 4.29. The molecule has 0 amide bonds. The maximum atomic E-state index is 12.5. The highest BCUT2D eigenvalue weighted by atomic mass is 16.7. The Morgan fingerprint density at radius 3 is 2.43 bits per heavy atom. The topological polar surface area (TPSA) is 80.9 Å². The number of carbonyl (C=O) groups excluding carboxylic acids is 1. The van der Waals surface area contributed by atoms with Crippen molar-refractivity contribution in [2.75, 3.05) is 13.2 Å². The molecule has 6 heteroatoms. The molecule has 0 unspecified atom stereocenters. The lowest BCUT2D eigenvalue weighted by Gasteiger charge is -2.38. The van der Waals surface area contributed by atoms with Crippen molar-refractivity contribution in [3.63, 3.8) is 0 Å². The number of hydrogen-bond acceptors (Lipinski definition) is 5. The predicted molar refractivity (Wildman–Crippen MR) is 87.2 cm³/mol. The van der Waals surface area contributed by atoms with Crippen molar-refractivity contribution in [2.24, 2.45) is 0 Å². The first-order chi connectivity index (χ1) is 11.0. The van der Waals surface area contributed by atoms with Gasteiger partial charge < -0.3 is 19.7 Å². The maximum Gasteiger partial charge on any atom is 0.262 e. The van der Waals surface area contributed by atoms with Gasteiger partial charge in [0.25, 0.3) is 5.91 Å². The van der Waals surface area contributed by atoms with Gasteiger partial charge in [0, 0.05) is 31.5 Å². The molecule has 0 saturated heterocycles. The van der Waals surface area contributed by atoms with Gasteiger partial charge in [0.2, 0.25) is 5.79 Å². The lowest BCUT2D eigenvalue weighted by molar-refractivity contribution is -0.289. The second-order valence-corrected chi connectivity index (χ2v) is 5.12. The third-order valence-electron chi connectivity index (χ3n) is 3.64. The van der Waals surface area contributed by atoms with Crippen LogP contribution in [0.4, 0.5) is 0 Å². The molecular formula is C17H27NO5. The van der Waals surface area contributed by atoms with E-state index in [0.717, 1.165) is 5.69 Å². The Bertz CT molecular complexity index is 505. The van der Waals surface area contributed by atoms with E-state index in [2.05, 4.69) is 6.58 Å². The summed E-state index contributed by atoms with van der Waals surface area (Å²) in [5.41, 5.74) is 0.753. The van der Waals surface area contributed by atoms with Gasteiger partial charge >= 0.3 is 0 Å². The minimum atomic E-state index is -1.68. The molecule has 0 aliphatic carbocycles. The molecule has 1 aromatic rings. The molecule has 0 aliphatic heterocycles. The van der Waals surface area contributed by atoms with Crippen LogP contribution < -0.4 is 0 Å². The molecule has 0 bridgehead atoms. The van der Waals surface area contributed by atoms with E-state index >= 15 is 0 Å². The number of nitrogens with zero attached hydrogens (tertiary/aromatic N) is 1. The molecule has 2 N–H and O–H groups in total. The van der Waals surface area contributed by atoms with Gasteiger partial charge in [-0.25, -0.2) is 0 Å². The summed E-state index contributed by atoms with van der Waals surface area (Å²) >= 11 is 0. The summed E-state index contributed by atoms with van der Waals surface area (Å²) in [5, 5.41) is 21.0. The average molecular weight is 325 g/mol. The molecule has 0 fully saturated rings. The van der Waals surface area contributed by atoms with Crippen LogP contribution in [-0.4, -0.2) is 51.9 Å². The smallest absolute Gasteiger partial charge is 0.262 e. The van der Waals surface area contributed by atoms with Crippen LogP contribution in [-0.2, 0) is 15.9 Å². The first-order valence-corrected chi connectivity index (χ1v) is 7.92. The molecule has 1 aromatic heterocycles. The molecule has 0 saturated carbocycles. The monoisotopic (exact) mass is 325 g/mol. The standard InChI is InChI=1S/C17H27NO5/c1-5-11-17(22-7-3,23-8-4)15(20)14(19)16(21)18-12-9-10-13(18)6-2/h5,9-10,12,14-15,19-20H,1,6-8,11H2,2-4H3/t14-,15-/m0/s1. The summed E-state index contributed by atoms with van der Waals surface area (Å²) in [6, 6.07) is 3.51. The molecule has 1 heterocycles. The van der Waals surface area contributed by atoms with Gasteiger partial charge in [-0.1, -0.05) is 13.0 Å². The zero-order valence-electron chi connectivity index (χ0n) is 14.1. The van der Waals surface area contributed by atoms with E-state index in [0.29, 0.717) is 6.42 Å². The Morgan fingerprint density at radius 1 is 1.35 bits per heavy atom. The van der Waals surface area contributed by atoms with Gasteiger partial charge in [-0.15, -0.1) is 6.58 Å². The Labute approximate surface area is 137 Å². The molecule has 2 atom stereocenters. The van der Waals surface area contributed by atoms with Crippen molar-refractivity contribution in [3.05, 3.63) is 36.7 Å². The molecule has 0 aromatic carbocycles. The van der Waals surface area contributed by atoms with Gasteiger partial charge in [-0.3, -0.25) is 9.36 Å². The number of rotatable bonds is 10. The van der Waals surface area contributed by atoms with Crippen molar-refractivity contribution < 1.29 is 24.5 Å². The third-order valence-corrected chi connectivity index (χ3v) is 3.64. The van der Waals surface area contributed by atoms with Crippen LogP contribution in [0.1, 0.15) is 37.7 Å². The minimum absolute atomic E-state index is 0.145. The number of aliphatic hydroxyl groups excluding tert-OH is 2. The molecule has 0 spiro atoms. The number of aryl methyl sites for hydroxylation is 1. The van der Waals surface area contributed by atoms with Crippen molar-refractivity contribution in [3.8, 4) is 0 Å². The van der Waals surface area contributed by atoms with E-state index in [-0.39, 0.29) is 19.6 Å². The second-order valence-electron chi connectivity index (χ2n) is 5.12. The summed E-state index contributed by atoms with van der Waals surface area (Å²) in [5.74, 6) is -2.12. The summed E-state index contributed by atoms with van der Waals surface area (Å²) in [7, 11) is 0. The maximum absolute atomic E-state index is 12.5. The molecule has 0 aliphatic rings. The first-order valence-electron chi connectivity index (χ1n) is 7.92. The van der Waals surface area contributed by atoms with Gasteiger partial charge in [0.1, 0.15) is 6.10 Å². The van der Waals surface area contributed by atoms with Crippen molar-refractivity contribution in [2.45, 2.75) is 51.6 Å². The fourth-order valence-electron chi connectivity index (χ4n) is 2.58. The van der Waals surface area contributed by atoms with Crippen LogP contribution in [0.5, 0.6) is 0 Å². The normalized spacial score (nSPS) is 14.5. The van der Waals surface area contributed by atoms with Gasteiger partial charge in [-0.2, -0.15) is 0 Å². The van der Waals surface area contributed by atoms with E-state index in [1.165, 1.54) is 10.6 Å². The fraction of sp³-hybridized carbons (Fsp3) is 0.588. The van der Waals surface area contributed by atoms with Gasteiger partial charge in [-0.05, 0) is 32.4 Å². The highest BCUT2D eigenvalue weighted by Crippen LogP contribution is 2.27. The zero-order valence-corrected chi connectivity index (χ0v) is 14.1. The quantitative estimate of drug-likeness (QED) is 0.506. The summed E-state index contributed by atoms with van der Waals surface area (Å²) < 4.78 is 12.4. The predicted octanol–water partition coefficient (Wildman–Crippen LogP) is 1.76. The second kappa shape index (κ2) is 8.98. The molecule has 23 heavy (non-hydrogen) atoms. The lowest BCUT2D eigenvalue weighted by atomic mass is 9.99. The summed E-state index contributed by atoms with van der Waals surface area (Å²) in [6.07, 6.45) is 0.653. The van der Waals surface area contributed by atoms with Crippen molar-refractivity contribution >= 4 is 5.91 Å². The van der Waals surface area contributed by atoms with Crippen LogP contribution in [0.3, 0.4) is 0 Å². The molecule has 0 radical (unpaired) electrons. The zero-order chi connectivity index (χ0) is 17.5. The first kappa shape index (κ1) is 19.6. The Morgan fingerprint density at radius 2 is 1.96 bits per heavy atom. The fourth-order valence-corrected chi connectivity index (χ4v) is 2.58. The van der Waals surface area contributed by atoms with Crippen LogP contribution in [0, 0.1) is 0 Å². The summed E-state index contributed by atoms with van der Waals surface area (Å²) in [4.78, 5) is 12.5. The van der Waals surface area contributed by atoms with Crippen LogP contribution in [0.2, 0.25) is 0 Å². The van der Waals surface area contributed by atoms with E-state index in [1.54, 1.807) is 32.2 Å². The van der Waals surface area contributed by atoms with Crippen LogP contribution >= 0.6 is 0 Å². The van der Waals surface area contributed by atoms with Crippen LogP contribution in [0.25, 0.3) is 0 Å². The Balaban J connectivity index is 3.08. The molecule has 130 valence electrons.